The van der Waals surface area contributed by atoms with Crippen molar-refractivity contribution in [2.24, 2.45) is 0 Å². The molecule has 0 aliphatic carbocycles. The van der Waals surface area contributed by atoms with Gasteiger partial charge in [0.1, 0.15) is 4.88 Å². The molecule has 0 saturated heterocycles. The lowest BCUT2D eigenvalue weighted by Crippen LogP contribution is -2.29. The minimum Gasteiger partial charge on any atom is -0.341 e. The second-order valence-corrected chi connectivity index (χ2v) is 4.74. The van der Waals surface area contributed by atoms with Crippen LogP contribution in [0.1, 0.15) is 35.1 Å². The number of hydrogen-bond acceptors (Lipinski definition) is 5. The Hall–Kier alpha value is -1.01. The van der Waals surface area contributed by atoms with Crippen molar-refractivity contribution >= 4 is 17.4 Å². The van der Waals surface area contributed by atoms with Gasteiger partial charge in [0.05, 0.1) is 5.69 Å². The van der Waals surface area contributed by atoms with E-state index in [0.717, 1.165) is 38.0 Å². The SMILES string of the molecule is CCCc1nnsc1C(=O)N(C)CCCNC. The Morgan fingerprint density at radius 2 is 2.29 bits per heavy atom. The number of carbonyl (C=O) groups excluding carboxylic acids is 1. The smallest absolute Gasteiger partial charge is 0.267 e. The molecule has 1 heterocycles. The fraction of sp³-hybridized carbons (Fsp3) is 0.727. The van der Waals surface area contributed by atoms with Crippen molar-refractivity contribution in [1.82, 2.24) is 19.8 Å². The Kier molecular flexibility index (Phi) is 6.07. The Labute approximate surface area is 106 Å². The third-order valence-electron chi connectivity index (χ3n) is 2.50. The molecule has 0 atom stereocenters. The summed E-state index contributed by atoms with van der Waals surface area (Å²) in [4.78, 5) is 14.6. The molecule has 6 heteroatoms. The van der Waals surface area contributed by atoms with Crippen LogP contribution >= 0.6 is 11.5 Å². The van der Waals surface area contributed by atoms with E-state index in [0.29, 0.717) is 4.88 Å². The molecule has 0 saturated carbocycles. The fourth-order valence-electron chi connectivity index (χ4n) is 1.54. The molecule has 1 aromatic rings. The molecule has 1 rings (SSSR count). The van der Waals surface area contributed by atoms with E-state index in [1.165, 1.54) is 11.5 Å². The van der Waals surface area contributed by atoms with Gasteiger partial charge < -0.3 is 10.2 Å². The van der Waals surface area contributed by atoms with E-state index in [2.05, 4.69) is 21.8 Å². The summed E-state index contributed by atoms with van der Waals surface area (Å²) in [6, 6.07) is 0. The van der Waals surface area contributed by atoms with Crippen LogP contribution in [0, 0.1) is 0 Å². The molecule has 0 aliphatic heterocycles. The molecular weight excluding hydrogens is 236 g/mol. The van der Waals surface area contributed by atoms with Crippen LogP contribution in [0.3, 0.4) is 0 Å². The van der Waals surface area contributed by atoms with E-state index in [-0.39, 0.29) is 5.91 Å². The average molecular weight is 256 g/mol. The predicted molar refractivity (Wildman–Crippen MR) is 69.4 cm³/mol. The van der Waals surface area contributed by atoms with Gasteiger partial charge in [-0.1, -0.05) is 17.8 Å². The van der Waals surface area contributed by atoms with Crippen LogP contribution in [0.2, 0.25) is 0 Å². The van der Waals surface area contributed by atoms with Crippen LogP contribution < -0.4 is 5.32 Å². The normalized spacial score (nSPS) is 10.5. The summed E-state index contributed by atoms with van der Waals surface area (Å²) in [7, 11) is 3.74. The molecule has 0 radical (unpaired) electrons. The quantitative estimate of drug-likeness (QED) is 0.744. The van der Waals surface area contributed by atoms with Crippen molar-refractivity contribution in [3.05, 3.63) is 10.6 Å². The number of amides is 1. The molecule has 0 fully saturated rings. The topological polar surface area (TPSA) is 58.1 Å². The molecule has 0 aliphatic rings. The summed E-state index contributed by atoms with van der Waals surface area (Å²) < 4.78 is 3.87. The molecule has 1 N–H and O–H groups in total. The highest BCUT2D eigenvalue weighted by Crippen LogP contribution is 2.14. The summed E-state index contributed by atoms with van der Waals surface area (Å²) in [6.45, 7) is 3.74. The minimum atomic E-state index is 0.0413. The van der Waals surface area contributed by atoms with E-state index in [1.54, 1.807) is 4.90 Å². The van der Waals surface area contributed by atoms with E-state index < -0.39 is 0 Å². The second-order valence-electron chi connectivity index (χ2n) is 3.98. The number of aromatic nitrogens is 2. The van der Waals surface area contributed by atoms with Crippen LogP contribution in [-0.4, -0.2) is 47.6 Å². The van der Waals surface area contributed by atoms with Gasteiger partial charge in [-0.3, -0.25) is 4.79 Å². The third kappa shape index (κ3) is 4.05. The Morgan fingerprint density at radius 3 is 2.94 bits per heavy atom. The summed E-state index contributed by atoms with van der Waals surface area (Å²) in [6.07, 6.45) is 2.76. The lowest BCUT2D eigenvalue weighted by atomic mass is 10.2. The molecule has 96 valence electrons. The maximum atomic E-state index is 12.1. The average Bonchev–Trinajstić information content (AvgIpc) is 2.77. The van der Waals surface area contributed by atoms with Crippen LogP contribution in [0.15, 0.2) is 0 Å². The van der Waals surface area contributed by atoms with Crippen molar-refractivity contribution in [3.8, 4) is 0 Å². The van der Waals surface area contributed by atoms with Gasteiger partial charge in [0.2, 0.25) is 0 Å². The molecule has 5 nitrogen and oxygen atoms in total. The van der Waals surface area contributed by atoms with Crippen molar-refractivity contribution in [1.29, 1.82) is 0 Å². The van der Waals surface area contributed by atoms with Gasteiger partial charge in [-0.2, -0.15) is 0 Å². The van der Waals surface area contributed by atoms with Crippen LogP contribution in [0.5, 0.6) is 0 Å². The van der Waals surface area contributed by atoms with E-state index in [4.69, 9.17) is 0 Å². The number of hydrogen-bond donors (Lipinski definition) is 1. The molecule has 1 aromatic heterocycles. The highest BCUT2D eigenvalue weighted by atomic mass is 32.1. The van der Waals surface area contributed by atoms with E-state index in [9.17, 15) is 4.79 Å². The molecule has 17 heavy (non-hydrogen) atoms. The van der Waals surface area contributed by atoms with Gasteiger partial charge in [-0.05, 0) is 38.0 Å². The van der Waals surface area contributed by atoms with Crippen LogP contribution in [-0.2, 0) is 6.42 Å². The molecular formula is C11H20N4OS. The number of aryl methyl sites for hydroxylation is 1. The highest BCUT2D eigenvalue weighted by Gasteiger charge is 2.18. The first-order valence-electron chi connectivity index (χ1n) is 5.92. The molecule has 1 amide bonds. The van der Waals surface area contributed by atoms with Gasteiger partial charge in [-0.15, -0.1) is 5.10 Å². The minimum absolute atomic E-state index is 0.0413. The van der Waals surface area contributed by atoms with E-state index >= 15 is 0 Å². The summed E-state index contributed by atoms with van der Waals surface area (Å²) in [5.41, 5.74) is 0.836. The van der Waals surface area contributed by atoms with Gasteiger partial charge in [0.15, 0.2) is 0 Å². The van der Waals surface area contributed by atoms with Crippen LogP contribution in [0.4, 0.5) is 0 Å². The van der Waals surface area contributed by atoms with Gasteiger partial charge in [0, 0.05) is 13.6 Å². The maximum Gasteiger partial charge on any atom is 0.267 e. The zero-order valence-corrected chi connectivity index (χ0v) is 11.5. The summed E-state index contributed by atoms with van der Waals surface area (Å²) in [5.74, 6) is 0.0413. The highest BCUT2D eigenvalue weighted by molar-refractivity contribution is 7.07. The van der Waals surface area contributed by atoms with Crippen molar-refractivity contribution < 1.29 is 4.79 Å². The predicted octanol–water partition coefficient (Wildman–Crippen LogP) is 1.17. The molecule has 0 bridgehead atoms. The van der Waals surface area contributed by atoms with E-state index in [1.807, 2.05) is 14.1 Å². The Bertz CT molecular complexity index is 353. The lowest BCUT2D eigenvalue weighted by molar-refractivity contribution is 0.0797. The Morgan fingerprint density at radius 1 is 1.53 bits per heavy atom. The first-order valence-corrected chi connectivity index (χ1v) is 6.69. The second kappa shape index (κ2) is 7.34. The molecule has 0 spiro atoms. The van der Waals surface area contributed by atoms with Crippen molar-refractivity contribution in [2.45, 2.75) is 26.2 Å². The van der Waals surface area contributed by atoms with Gasteiger partial charge in [0.25, 0.3) is 5.91 Å². The van der Waals surface area contributed by atoms with Crippen molar-refractivity contribution in [2.75, 3.05) is 27.2 Å². The lowest BCUT2D eigenvalue weighted by Gasteiger charge is -2.16. The molecule has 0 aromatic carbocycles. The summed E-state index contributed by atoms with van der Waals surface area (Å²) >= 11 is 1.20. The zero-order chi connectivity index (χ0) is 12.7. The van der Waals surface area contributed by atoms with Gasteiger partial charge >= 0.3 is 0 Å². The largest absolute Gasteiger partial charge is 0.341 e. The standard InChI is InChI=1S/C11H20N4OS/c1-4-6-9-10(17-14-13-9)11(16)15(3)8-5-7-12-2/h12H,4-8H2,1-3H3. The summed E-state index contributed by atoms with van der Waals surface area (Å²) in [5, 5.41) is 7.08. The maximum absolute atomic E-state index is 12.1. The van der Waals surface area contributed by atoms with Crippen molar-refractivity contribution in [3.63, 3.8) is 0 Å². The number of nitrogens with one attached hydrogen (secondary N) is 1. The number of nitrogens with zero attached hydrogens (tertiary/aromatic N) is 3. The van der Waals surface area contributed by atoms with Gasteiger partial charge in [-0.25, -0.2) is 0 Å². The first kappa shape index (κ1) is 14.1. The van der Waals surface area contributed by atoms with Crippen LogP contribution in [0.25, 0.3) is 0 Å². The number of rotatable bonds is 7. The monoisotopic (exact) mass is 256 g/mol. The molecule has 0 unspecified atom stereocenters. The first-order chi connectivity index (χ1) is 8.20. The number of carbonyl (C=O) groups is 1. The fourth-order valence-corrected chi connectivity index (χ4v) is 2.24. The Balaban J connectivity index is 2.58. The third-order valence-corrected chi connectivity index (χ3v) is 3.26. The zero-order valence-electron chi connectivity index (χ0n) is 10.7.